The minimum Gasteiger partial charge on any atom is -0.395 e. The van der Waals surface area contributed by atoms with E-state index in [1.807, 2.05) is 0 Å². The van der Waals surface area contributed by atoms with Gasteiger partial charge in [0.2, 0.25) is 5.91 Å². The van der Waals surface area contributed by atoms with Gasteiger partial charge >= 0.3 is 6.18 Å². The van der Waals surface area contributed by atoms with Gasteiger partial charge in [-0.1, -0.05) is 0 Å². The average molecular weight is 333 g/mol. The van der Waals surface area contributed by atoms with Crippen molar-refractivity contribution >= 4 is 5.91 Å². The fourth-order valence-electron chi connectivity index (χ4n) is 3.00. The summed E-state index contributed by atoms with van der Waals surface area (Å²) in [6, 6.07) is 0.142. The molecule has 0 aromatic carbocycles. The number of aryl methyl sites for hydroxylation is 1. The van der Waals surface area contributed by atoms with Crippen LogP contribution in [0.15, 0.2) is 0 Å². The number of carbonyl (C=O) groups excluding carboxylic acids is 1. The number of aromatic nitrogens is 2. The van der Waals surface area contributed by atoms with Crippen molar-refractivity contribution in [3.05, 3.63) is 17.0 Å². The number of aliphatic hydroxyl groups excluding tert-OH is 1. The van der Waals surface area contributed by atoms with Crippen molar-refractivity contribution in [2.45, 2.75) is 58.3 Å². The van der Waals surface area contributed by atoms with Crippen LogP contribution in [0.25, 0.3) is 0 Å². The molecule has 1 N–H and O–H groups in total. The van der Waals surface area contributed by atoms with Crippen molar-refractivity contribution < 1.29 is 23.1 Å². The van der Waals surface area contributed by atoms with Gasteiger partial charge < -0.3 is 10.0 Å². The molecular weight excluding hydrogens is 311 g/mol. The summed E-state index contributed by atoms with van der Waals surface area (Å²) in [5.74, 6) is -0.747. The molecule has 1 aliphatic rings. The van der Waals surface area contributed by atoms with Crippen molar-refractivity contribution in [3.8, 4) is 0 Å². The van der Waals surface area contributed by atoms with Gasteiger partial charge in [-0.2, -0.15) is 18.3 Å². The Labute approximate surface area is 133 Å². The zero-order valence-electron chi connectivity index (χ0n) is 13.5. The highest BCUT2D eigenvalue weighted by molar-refractivity contribution is 5.84. The van der Waals surface area contributed by atoms with Gasteiger partial charge in [-0.15, -0.1) is 0 Å². The summed E-state index contributed by atoms with van der Waals surface area (Å²) in [5, 5.41) is 13.1. The molecule has 1 aliphatic carbocycles. The minimum atomic E-state index is -4.36. The SMILES string of the molecule is Cc1nn(CC(F)(F)F)c(C)c1C(C)C(=O)N(CCO)C1CC1. The number of nitrogens with zero attached hydrogens (tertiary/aromatic N) is 3. The molecule has 1 aromatic heterocycles. The minimum absolute atomic E-state index is 0.125. The Balaban J connectivity index is 2.24. The summed E-state index contributed by atoms with van der Waals surface area (Å²) in [4.78, 5) is 14.3. The van der Waals surface area contributed by atoms with E-state index >= 15 is 0 Å². The van der Waals surface area contributed by atoms with Gasteiger partial charge in [0.05, 0.1) is 18.2 Å². The van der Waals surface area contributed by atoms with Crippen molar-refractivity contribution in [2.75, 3.05) is 13.2 Å². The Kier molecular flexibility index (Phi) is 5.03. The number of carbonyl (C=O) groups is 1. The van der Waals surface area contributed by atoms with Gasteiger partial charge in [0.25, 0.3) is 0 Å². The van der Waals surface area contributed by atoms with E-state index in [9.17, 15) is 18.0 Å². The summed E-state index contributed by atoms with van der Waals surface area (Å²) >= 11 is 0. The Bertz CT molecular complexity index is 579. The first kappa shape index (κ1) is 17.8. The smallest absolute Gasteiger partial charge is 0.395 e. The molecule has 1 unspecified atom stereocenters. The normalized spacial score (nSPS) is 16.5. The molecule has 8 heteroatoms. The third-order valence-corrected chi connectivity index (χ3v) is 4.18. The highest BCUT2D eigenvalue weighted by atomic mass is 19.4. The first-order chi connectivity index (χ1) is 10.7. The molecule has 1 fully saturated rings. The summed E-state index contributed by atoms with van der Waals surface area (Å²) in [7, 11) is 0. The van der Waals surface area contributed by atoms with Crippen molar-refractivity contribution in [3.63, 3.8) is 0 Å². The maximum Gasteiger partial charge on any atom is 0.408 e. The monoisotopic (exact) mass is 333 g/mol. The molecule has 23 heavy (non-hydrogen) atoms. The third kappa shape index (κ3) is 4.04. The van der Waals surface area contributed by atoms with Gasteiger partial charge in [0.1, 0.15) is 6.54 Å². The molecule has 1 atom stereocenters. The number of halogens is 3. The van der Waals surface area contributed by atoms with Gasteiger partial charge in [-0.25, -0.2) is 0 Å². The maximum atomic E-state index is 12.7. The van der Waals surface area contributed by atoms with Gasteiger partial charge in [0.15, 0.2) is 0 Å². The molecule has 1 saturated carbocycles. The number of hydrogen-bond donors (Lipinski definition) is 1. The topological polar surface area (TPSA) is 58.4 Å². The van der Waals surface area contributed by atoms with Crippen LogP contribution in [0.3, 0.4) is 0 Å². The molecule has 0 radical (unpaired) electrons. The van der Waals surface area contributed by atoms with Crippen LogP contribution in [0, 0.1) is 13.8 Å². The fraction of sp³-hybridized carbons (Fsp3) is 0.733. The zero-order chi connectivity index (χ0) is 17.4. The Morgan fingerprint density at radius 1 is 1.43 bits per heavy atom. The summed E-state index contributed by atoms with van der Waals surface area (Å²) < 4.78 is 38.7. The van der Waals surface area contributed by atoms with E-state index in [2.05, 4.69) is 5.10 Å². The predicted molar refractivity (Wildman–Crippen MR) is 78.0 cm³/mol. The van der Waals surface area contributed by atoms with Crippen molar-refractivity contribution in [1.29, 1.82) is 0 Å². The molecule has 0 aliphatic heterocycles. The number of hydrogen-bond acceptors (Lipinski definition) is 3. The van der Waals surface area contributed by atoms with Crippen LogP contribution in [0.5, 0.6) is 0 Å². The first-order valence-corrected chi connectivity index (χ1v) is 7.67. The Morgan fingerprint density at radius 2 is 2.04 bits per heavy atom. The van der Waals surface area contributed by atoms with Crippen LogP contribution in [-0.4, -0.2) is 51.1 Å². The molecule has 5 nitrogen and oxygen atoms in total. The quantitative estimate of drug-likeness (QED) is 0.868. The molecule has 1 amide bonds. The Morgan fingerprint density at radius 3 is 2.52 bits per heavy atom. The van der Waals surface area contributed by atoms with Crippen molar-refractivity contribution in [2.24, 2.45) is 0 Å². The number of rotatable bonds is 6. The number of aliphatic hydroxyl groups is 1. The second-order valence-electron chi connectivity index (χ2n) is 6.07. The van der Waals surface area contributed by atoms with Crippen LogP contribution in [0.2, 0.25) is 0 Å². The van der Waals surface area contributed by atoms with Crippen LogP contribution in [0.1, 0.15) is 42.6 Å². The van der Waals surface area contributed by atoms with E-state index < -0.39 is 18.6 Å². The van der Waals surface area contributed by atoms with Crippen LogP contribution >= 0.6 is 0 Å². The number of amides is 1. The lowest BCUT2D eigenvalue weighted by Gasteiger charge is -2.25. The summed E-state index contributed by atoms with van der Waals surface area (Å²) in [6.45, 7) is 3.82. The van der Waals surface area contributed by atoms with E-state index in [1.54, 1.807) is 25.7 Å². The first-order valence-electron chi connectivity index (χ1n) is 7.67. The molecule has 1 heterocycles. The van der Waals surface area contributed by atoms with Gasteiger partial charge in [-0.05, 0) is 33.6 Å². The number of alkyl halides is 3. The predicted octanol–water partition coefficient (Wildman–Crippen LogP) is 2.15. The molecule has 0 spiro atoms. The lowest BCUT2D eigenvalue weighted by molar-refractivity contribution is -0.143. The highest BCUT2D eigenvalue weighted by Crippen LogP contribution is 2.32. The van der Waals surface area contributed by atoms with E-state index in [0.717, 1.165) is 17.5 Å². The maximum absolute atomic E-state index is 12.7. The lowest BCUT2D eigenvalue weighted by atomic mass is 9.97. The Hall–Kier alpha value is -1.57. The molecule has 130 valence electrons. The highest BCUT2D eigenvalue weighted by Gasteiger charge is 2.37. The molecule has 1 aromatic rings. The van der Waals surface area contributed by atoms with Crippen LogP contribution in [-0.2, 0) is 11.3 Å². The van der Waals surface area contributed by atoms with E-state index in [1.165, 1.54) is 0 Å². The van der Waals surface area contributed by atoms with E-state index in [-0.39, 0.29) is 25.1 Å². The summed E-state index contributed by atoms with van der Waals surface area (Å²) in [6.07, 6.45) is -2.54. The molecule has 0 bridgehead atoms. The standard InChI is InChI=1S/C15H22F3N3O2/c1-9(14(23)20(6-7-22)12-4-5-12)13-10(2)19-21(11(13)3)8-15(16,17)18/h9,12,22H,4-8H2,1-3H3. The van der Waals surface area contributed by atoms with Gasteiger partial charge in [-0.3, -0.25) is 9.48 Å². The van der Waals surface area contributed by atoms with Gasteiger partial charge in [0, 0.05) is 23.8 Å². The van der Waals surface area contributed by atoms with Crippen molar-refractivity contribution in [1.82, 2.24) is 14.7 Å². The third-order valence-electron chi connectivity index (χ3n) is 4.18. The molecule has 2 rings (SSSR count). The molecule has 0 saturated heterocycles. The molecular formula is C15H22F3N3O2. The van der Waals surface area contributed by atoms with Crippen LogP contribution < -0.4 is 0 Å². The van der Waals surface area contributed by atoms with E-state index in [0.29, 0.717) is 17.0 Å². The second kappa shape index (κ2) is 6.51. The zero-order valence-corrected chi connectivity index (χ0v) is 13.5. The van der Waals surface area contributed by atoms with E-state index in [4.69, 9.17) is 5.11 Å². The summed E-state index contributed by atoms with van der Waals surface area (Å²) in [5.41, 5.74) is 1.34. The average Bonchev–Trinajstić information content (AvgIpc) is 3.22. The lowest BCUT2D eigenvalue weighted by Crippen LogP contribution is -2.38. The largest absolute Gasteiger partial charge is 0.408 e. The second-order valence-corrected chi connectivity index (χ2v) is 6.07. The van der Waals surface area contributed by atoms with Crippen LogP contribution in [0.4, 0.5) is 13.2 Å². The fourth-order valence-corrected chi connectivity index (χ4v) is 3.00.